The molecule has 3 heterocycles. The number of rotatable bonds is 0. The first-order valence-electron chi connectivity index (χ1n) is 8.22. The SMILES string of the molecule is O=C1c2cc(C(F)(F)F)ccc2OC2c3[nH]c4ccccc4c3CCN12. The van der Waals surface area contributed by atoms with Crippen molar-refractivity contribution < 1.29 is 22.7 Å². The van der Waals surface area contributed by atoms with E-state index in [1.807, 2.05) is 24.3 Å². The number of aromatic nitrogens is 1. The molecule has 2 aliphatic rings. The molecule has 2 aliphatic heterocycles. The van der Waals surface area contributed by atoms with Gasteiger partial charge >= 0.3 is 6.18 Å². The normalized spacial score (nSPS) is 19.0. The number of para-hydroxylation sites is 1. The molecular weight excluding hydrogens is 345 g/mol. The summed E-state index contributed by atoms with van der Waals surface area (Å²) in [4.78, 5) is 17.6. The van der Waals surface area contributed by atoms with E-state index in [2.05, 4.69) is 4.98 Å². The van der Waals surface area contributed by atoms with Gasteiger partial charge in [0, 0.05) is 17.4 Å². The number of H-pyrrole nitrogens is 1. The summed E-state index contributed by atoms with van der Waals surface area (Å²) in [6.07, 6.45) is -4.53. The van der Waals surface area contributed by atoms with E-state index in [0.29, 0.717) is 13.0 Å². The van der Waals surface area contributed by atoms with Gasteiger partial charge < -0.3 is 9.72 Å². The number of carbonyl (C=O) groups excluding carboxylic acids is 1. The van der Waals surface area contributed by atoms with Crippen LogP contribution in [-0.4, -0.2) is 22.3 Å². The number of aromatic amines is 1. The standard InChI is InChI=1S/C19H13F3N2O2/c20-19(21,22)10-5-6-15-13(9-10)17(25)24-8-7-12-11-3-1-2-4-14(11)23-16(12)18(24)26-15/h1-6,9,18,23H,7-8H2. The monoisotopic (exact) mass is 358 g/mol. The maximum absolute atomic E-state index is 13.0. The summed E-state index contributed by atoms with van der Waals surface area (Å²) in [5, 5.41) is 1.08. The van der Waals surface area contributed by atoms with Gasteiger partial charge in [-0.15, -0.1) is 0 Å². The van der Waals surface area contributed by atoms with Crippen LogP contribution in [0, 0.1) is 0 Å². The quantitative estimate of drug-likeness (QED) is 0.652. The highest BCUT2D eigenvalue weighted by Gasteiger charge is 2.41. The largest absolute Gasteiger partial charge is 0.464 e. The fraction of sp³-hybridized carbons (Fsp3) is 0.211. The number of alkyl halides is 3. The van der Waals surface area contributed by atoms with Crippen molar-refractivity contribution in [1.82, 2.24) is 9.88 Å². The maximum atomic E-state index is 13.0. The average Bonchev–Trinajstić information content (AvgIpc) is 3.00. The molecule has 0 spiro atoms. The Hall–Kier alpha value is -2.96. The number of nitrogens with one attached hydrogen (secondary N) is 1. The van der Waals surface area contributed by atoms with Crippen molar-refractivity contribution in [2.75, 3.05) is 6.54 Å². The Bertz CT molecular complexity index is 1050. The predicted octanol–water partition coefficient (Wildman–Crippen LogP) is 4.28. The third kappa shape index (κ3) is 2.06. The van der Waals surface area contributed by atoms with Crippen molar-refractivity contribution in [2.45, 2.75) is 18.8 Å². The van der Waals surface area contributed by atoms with Crippen LogP contribution in [0.25, 0.3) is 10.9 Å². The molecule has 1 aromatic heterocycles. The van der Waals surface area contributed by atoms with Crippen LogP contribution >= 0.6 is 0 Å². The number of hydrogen-bond acceptors (Lipinski definition) is 2. The molecule has 2 aromatic carbocycles. The molecule has 4 nitrogen and oxygen atoms in total. The van der Waals surface area contributed by atoms with Gasteiger partial charge in [0.2, 0.25) is 6.23 Å². The second-order valence-electron chi connectivity index (χ2n) is 6.49. The number of hydrogen-bond donors (Lipinski definition) is 1. The minimum atomic E-state index is -4.50. The predicted molar refractivity (Wildman–Crippen MR) is 87.9 cm³/mol. The van der Waals surface area contributed by atoms with Gasteiger partial charge in [0.05, 0.1) is 16.8 Å². The van der Waals surface area contributed by atoms with E-state index in [-0.39, 0.29) is 11.3 Å². The molecule has 0 fully saturated rings. The number of fused-ring (bicyclic) bond motifs is 6. The first-order valence-corrected chi connectivity index (χ1v) is 8.22. The van der Waals surface area contributed by atoms with Gasteiger partial charge in [-0.25, -0.2) is 0 Å². The number of benzene rings is 2. The van der Waals surface area contributed by atoms with Crippen LogP contribution in [0.5, 0.6) is 5.75 Å². The Kier molecular flexibility index (Phi) is 2.96. The molecule has 1 amide bonds. The summed E-state index contributed by atoms with van der Waals surface area (Å²) in [7, 11) is 0. The zero-order valence-corrected chi connectivity index (χ0v) is 13.4. The summed E-state index contributed by atoms with van der Waals surface area (Å²) < 4.78 is 44.8. The van der Waals surface area contributed by atoms with Crippen molar-refractivity contribution in [3.05, 3.63) is 64.8 Å². The number of halogens is 3. The van der Waals surface area contributed by atoms with Crippen LogP contribution in [-0.2, 0) is 12.6 Å². The van der Waals surface area contributed by atoms with Crippen LogP contribution in [0.3, 0.4) is 0 Å². The average molecular weight is 358 g/mol. The third-order valence-electron chi connectivity index (χ3n) is 5.02. The molecule has 0 aliphatic carbocycles. The van der Waals surface area contributed by atoms with Crippen LogP contribution in [0.1, 0.15) is 33.4 Å². The number of nitrogens with zero attached hydrogens (tertiary/aromatic N) is 1. The minimum Gasteiger partial charge on any atom is -0.464 e. The van der Waals surface area contributed by atoms with Crippen LogP contribution in [0.2, 0.25) is 0 Å². The van der Waals surface area contributed by atoms with Gasteiger partial charge in [-0.3, -0.25) is 9.69 Å². The van der Waals surface area contributed by atoms with Crippen LogP contribution in [0.15, 0.2) is 42.5 Å². The Morgan fingerprint density at radius 1 is 1.15 bits per heavy atom. The number of carbonyl (C=O) groups is 1. The lowest BCUT2D eigenvalue weighted by Gasteiger charge is -2.39. The van der Waals surface area contributed by atoms with E-state index >= 15 is 0 Å². The van der Waals surface area contributed by atoms with Gasteiger partial charge in [-0.05, 0) is 36.2 Å². The Morgan fingerprint density at radius 3 is 2.77 bits per heavy atom. The van der Waals surface area contributed by atoms with Crippen LogP contribution in [0.4, 0.5) is 13.2 Å². The van der Waals surface area contributed by atoms with Crippen molar-refractivity contribution in [1.29, 1.82) is 0 Å². The van der Waals surface area contributed by atoms with E-state index in [9.17, 15) is 18.0 Å². The van der Waals surface area contributed by atoms with E-state index < -0.39 is 23.9 Å². The van der Waals surface area contributed by atoms with Gasteiger partial charge in [0.25, 0.3) is 5.91 Å². The Morgan fingerprint density at radius 2 is 1.96 bits per heavy atom. The topological polar surface area (TPSA) is 45.3 Å². The van der Waals surface area contributed by atoms with Gasteiger partial charge in [0.15, 0.2) is 0 Å². The fourth-order valence-corrected chi connectivity index (χ4v) is 3.79. The lowest BCUT2D eigenvalue weighted by molar-refractivity contribution is -0.137. The molecular formula is C19H13F3N2O2. The zero-order chi connectivity index (χ0) is 18.1. The molecule has 0 bridgehead atoms. The number of amides is 1. The minimum absolute atomic E-state index is 0.0457. The molecule has 1 unspecified atom stereocenters. The molecule has 132 valence electrons. The Balaban J connectivity index is 1.62. The van der Waals surface area contributed by atoms with Crippen LogP contribution < -0.4 is 4.74 Å². The summed E-state index contributed by atoms with van der Waals surface area (Å²) in [6.45, 7) is 0.397. The van der Waals surface area contributed by atoms with Gasteiger partial charge in [-0.1, -0.05) is 18.2 Å². The van der Waals surface area contributed by atoms with E-state index in [4.69, 9.17) is 4.74 Å². The summed E-state index contributed by atoms with van der Waals surface area (Å²) in [5.74, 6) is -0.262. The molecule has 0 saturated carbocycles. The molecule has 5 rings (SSSR count). The summed E-state index contributed by atoms with van der Waals surface area (Å²) in [6, 6.07) is 10.9. The first-order chi connectivity index (χ1) is 12.4. The molecule has 1 atom stereocenters. The Labute approximate surface area is 146 Å². The number of ether oxygens (including phenoxy) is 1. The first kappa shape index (κ1) is 15.3. The zero-order valence-electron chi connectivity index (χ0n) is 13.4. The molecule has 3 aromatic rings. The highest BCUT2D eigenvalue weighted by atomic mass is 19.4. The molecule has 26 heavy (non-hydrogen) atoms. The summed E-state index contributed by atoms with van der Waals surface area (Å²) >= 11 is 0. The second-order valence-corrected chi connectivity index (χ2v) is 6.49. The maximum Gasteiger partial charge on any atom is 0.416 e. The second kappa shape index (κ2) is 5.03. The summed E-state index contributed by atoms with van der Waals surface area (Å²) in [5.41, 5.74) is 1.93. The van der Waals surface area contributed by atoms with Crippen molar-refractivity contribution in [3.63, 3.8) is 0 Å². The van der Waals surface area contributed by atoms with Gasteiger partial charge in [-0.2, -0.15) is 13.2 Å². The molecule has 7 heteroatoms. The third-order valence-corrected chi connectivity index (χ3v) is 5.02. The fourth-order valence-electron chi connectivity index (χ4n) is 3.79. The lowest BCUT2D eigenvalue weighted by Crippen LogP contribution is -2.45. The lowest BCUT2D eigenvalue weighted by atomic mass is 9.99. The van der Waals surface area contributed by atoms with E-state index in [1.165, 1.54) is 11.0 Å². The molecule has 0 radical (unpaired) electrons. The molecule has 1 N–H and O–H groups in total. The van der Waals surface area contributed by atoms with Crippen molar-refractivity contribution in [2.24, 2.45) is 0 Å². The van der Waals surface area contributed by atoms with Gasteiger partial charge in [0.1, 0.15) is 5.75 Å². The van der Waals surface area contributed by atoms with Crippen molar-refractivity contribution in [3.8, 4) is 5.75 Å². The van der Waals surface area contributed by atoms with E-state index in [0.717, 1.165) is 34.3 Å². The van der Waals surface area contributed by atoms with E-state index in [1.54, 1.807) is 0 Å². The highest BCUT2D eigenvalue weighted by molar-refractivity contribution is 5.99. The molecule has 0 saturated heterocycles. The van der Waals surface area contributed by atoms with Crippen molar-refractivity contribution >= 4 is 16.8 Å². The smallest absolute Gasteiger partial charge is 0.416 e. The highest BCUT2D eigenvalue weighted by Crippen LogP contribution is 2.42.